The quantitative estimate of drug-likeness (QED) is 0.826. The van der Waals surface area contributed by atoms with Crippen molar-refractivity contribution in [1.29, 1.82) is 0 Å². The highest BCUT2D eigenvalue weighted by Crippen LogP contribution is 2.23. The SMILES string of the molecule is CC(OC(=O)c1cc2cc(Cl)ccc2o1)C(=O)NC(=O)NC1CC1. The van der Waals surface area contributed by atoms with Crippen LogP contribution in [0.2, 0.25) is 5.02 Å². The third-order valence-corrected chi connectivity index (χ3v) is 3.72. The second-order valence-electron chi connectivity index (χ2n) is 5.58. The molecule has 1 aromatic carbocycles. The normalized spacial score (nSPS) is 14.9. The zero-order valence-electron chi connectivity index (χ0n) is 12.8. The number of nitrogens with one attached hydrogen (secondary N) is 2. The van der Waals surface area contributed by atoms with E-state index in [4.69, 9.17) is 20.8 Å². The molecule has 1 aliphatic rings. The van der Waals surface area contributed by atoms with Crippen molar-refractivity contribution in [2.24, 2.45) is 0 Å². The lowest BCUT2D eigenvalue weighted by atomic mass is 10.2. The Balaban J connectivity index is 1.59. The van der Waals surface area contributed by atoms with Crippen LogP contribution in [-0.2, 0) is 9.53 Å². The molecule has 126 valence electrons. The largest absolute Gasteiger partial charge is 0.449 e. The minimum atomic E-state index is -1.14. The maximum absolute atomic E-state index is 12.1. The summed E-state index contributed by atoms with van der Waals surface area (Å²) in [7, 11) is 0. The molecule has 1 aromatic heterocycles. The van der Waals surface area contributed by atoms with E-state index >= 15 is 0 Å². The molecule has 1 atom stereocenters. The number of esters is 1. The van der Waals surface area contributed by atoms with Crippen molar-refractivity contribution in [2.75, 3.05) is 0 Å². The summed E-state index contributed by atoms with van der Waals surface area (Å²) >= 11 is 5.87. The third kappa shape index (κ3) is 3.86. The van der Waals surface area contributed by atoms with Gasteiger partial charge < -0.3 is 14.5 Å². The van der Waals surface area contributed by atoms with Crippen LogP contribution >= 0.6 is 11.6 Å². The summed E-state index contributed by atoms with van der Waals surface area (Å²) in [6.07, 6.45) is 0.670. The summed E-state index contributed by atoms with van der Waals surface area (Å²) in [5.41, 5.74) is 0.479. The molecule has 2 aromatic rings. The lowest BCUT2D eigenvalue weighted by molar-refractivity contribution is -0.128. The predicted octanol–water partition coefficient (Wildman–Crippen LogP) is 2.62. The Hall–Kier alpha value is -2.54. The molecular formula is C16H15ClN2O5. The maximum atomic E-state index is 12.1. The number of amides is 3. The van der Waals surface area contributed by atoms with Crippen molar-refractivity contribution in [2.45, 2.75) is 31.9 Å². The molecule has 0 bridgehead atoms. The van der Waals surface area contributed by atoms with Gasteiger partial charge in [0.05, 0.1) is 0 Å². The summed E-state index contributed by atoms with van der Waals surface area (Å²) in [5, 5.41) is 5.89. The van der Waals surface area contributed by atoms with Gasteiger partial charge in [-0.3, -0.25) is 10.1 Å². The van der Waals surface area contributed by atoms with E-state index in [1.165, 1.54) is 13.0 Å². The average molecular weight is 351 g/mol. The summed E-state index contributed by atoms with van der Waals surface area (Å²) in [5.74, 6) is -1.55. The molecule has 2 N–H and O–H groups in total. The molecule has 1 fully saturated rings. The average Bonchev–Trinajstić information content (AvgIpc) is 3.22. The third-order valence-electron chi connectivity index (χ3n) is 3.48. The van der Waals surface area contributed by atoms with E-state index in [9.17, 15) is 14.4 Å². The van der Waals surface area contributed by atoms with Crippen molar-refractivity contribution in [3.8, 4) is 0 Å². The zero-order valence-corrected chi connectivity index (χ0v) is 13.6. The molecule has 1 unspecified atom stereocenters. The van der Waals surface area contributed by atoms with Gasteiger partial charge in [-0.05, 0) is 44.0 Å². The van der Waals surface area contributed by atoms with Crippen LogP contribution < -0.4 is 10.6 Å². The number of fused-ring (bicyclic) bond motifs is 1. The van der Waals surface area contributed by atoms with E-state index in [2.05, 4.69) is 10.6 Å². The lowest BCUT2D eigenvalue weighted by Crippen LogP contribution is -2.45. The van der Waals surface area contributed by atoms with Crippen LogP contribution in [0.15, 0.2) is 28.7 Å². The fourth-order valence-corrected chi connectivity index (χ4v) is 2.23. The van der Waals surface area contributed by atoms with Gasteiger partial charge in [0.25, 0.3) is 5.91 Å². The molecule has 8 heteroatoms. The van der Waals surface area contributed by atoms with Crippen molar-refractivity contribution in [1.82, 2.24) is 10.6 Å². The number of hydrogen-bond acceptors (Lipinski definition) is 5. The number of urea groups is 1. The molecule has 1 heterocycles. The monoisotopic (exact) mass is 350 g/mol. The van der Waals surface area contributed by atoms with Crippen molar-refractivity contribution >= 4 is 40.5 Å². The summed E-state index contributed by atoms with van der Waals surface area (Å²) in [6.45, 7) is 1.37. The molecule has 1 saturated carbocycles. The van der Waals surface area contributed by atoms with Gasteiger partial charge in [-0.25, -0.2) is 9.59 Å². The Morgan fingerprint density at radius 3 is 2.75 bits per heavy atom. The van der Waals surface area contributed by atoms with E-state index in [1.54, 1.807) is 18.2 Å². The number of rotatable bonds is 4. The number of hydrogen-bond donors (Lipinski definition) is 2. The Morgan fingerprint density at radius 2 is 2.04 bits per heavy atom. The molecule has 0 aliphatic heterocycles. The number of benzene rings is 1. The van der Waals surface area contributed by atoms with E-state index in [-0.39, 0.29) is 11.8 Å². The van der Waals surface area contributed by atoms with Crippen LogP contribution in [-0.4, -0.2) is 30.1 Å². The van der Waals surface area contributed by atoms with E-state index in [1.807, 2.05) is 0 Å². The van der Waals surface area contributed by atoms with Crippen LogP contribution in [0.1, 0.15) is 30.3 Å². The predicted molar refractivity (Wildman–Crippen MR) is 85.8 cm³/mol. The minimum Gasteiger partial charge on any atom is -0.449 e. The second-order valence-corrected chi connectivity index (χ2v) is 6.01. The zero-order chi connectivity index (χ0) is 17.3. The minimum absolute atomic E-state index is 0.0469. The highest BCUT2D eigenvalue weighted by molar-refractivity contribution is 6.31. The van der Waals surface area contributed by atoms with Gasteiger partial charge >= 0.3 is 12.0 Å². The van der Waals surface area contributed by atoms with Crippen LogP contribution in [0, 0.1) is 0 Å². The highest BCUT2D eigenvalue weighted by Gasteiger charge is 2.26. The van der Waals surface area contributed by atoms with E-state index in [0.717, 1.165) is 12.8 Å². The van der Waals surface area contributed by atoms with Gasteiger partial charge in [-0.15, -0.1) is 0 Å². The first-order valence-corrected chi connectivity index (χ1v) is 7.81. The Bertz CT molecular complexity index is 812. The number of carbonyl (C=O) groups is 3. The molecule has 0 spiro atoms. The van der Waals surface area contributed by atoms with Crippen molar-refractivity contribution in [3.63, 3.8) is 0 Å². The number of carbonyl (C=O) groups excluding carboxylic acids is 3. The molecule has 3 amide bonds. The first-order chi connectivity index (χ1) is 11.4. The molecule has 7 nitrogen and oxygen atoms in total. The number of halogens is 1. The fourth-order valence-electron chi connectivity index (χ4n) is 2.05. The molecular weight excluding hydrogens is 336 g/mol. The van der Waals surface area contributed by atoms with E-state index < -0.39 is 24.0 Å². The van der Waals surface area contributed by atoms with Gasteiger partial charge in [0.15, 0.2) is 6.10 Å². The smallest absolute Gasteiger partial charge is 0.375 e. The number of ether oxygens (including phenoxy) is 1. The number of furan rings is 1. The van der Waals surface area contributed by atoms with Gasteiger partial charge in [0.1, 0.15) is 5.58 Å². The van der Waals surface area contributed by atoms with E-state index in [0.29, 0.717) is 16.0 Å². The molecule has 3 rings (SSSR count). The summed E-state index contributed by atoms with van der Waals surface area (Å²) < 4.78 is 10.4. The Kier molecular flexibility index (Phi) is 4.44. The van der Waals surface area contributed by atoms with Crippen molar-refractivity contribution < 1.29 is 23.5 Å². The van der Waals surface area contributed by atoms with Gasteiger partial charge in [0, 0.05) is 16.5 Å². The molecule has 0 radical (unpaired) electrons. The van der Waals surface area contributed by atoms with Gasteiger partial charge in [-0.2, -0.15) is 0 Å². The molecule has 24 heavy (non-hydrogen) atoms. The van der Waals surface area contributed by atoms with Gasteiger partial charge in [-0.1, -0.05) is 11.6 Å². The Morgan fingerprint density at radius 1 is 1.29 bits per heavy atom. The maximum Gasteiger partial charge on any atom is 0.375 e. The van der Waals surface area contributed by atoms with Crippen molar-refractivity contribution in [3.05, 3.63) is 35.0 Å². The standard InChI is InChI=1S/C16H15ClN2O5/c1-8(14(20)19-16(22)18-11-3-4-11)23-15(21)13-7-9-6-10(17)2-5-12(9)24-13/h2,5-8,11H,3-4H2,1H3,(H2,18,19,20,22). The first-order valence-electron chi connectivity index (χ1n) is 7.44. The highest BCUT2D eigenvalue weighted by atomic mass is 35.5. The fraction of sp³-hybridized carbons (Fsp3) is 0.312. The van der Waals surface area contributed by atoms with Gasteiger partial charge in [0.2, 0.25) is 5.76 Å². The summed E-state index contributed by atoms with van der Waals surface area (Å²) in [6, 6.07) is 5.93. The van der Waals surface area contributed by atoms with Crippen LogP contribution in [0.25, 0.3) is 11.0 Å². The molecule has 1 aliphatic carbocycles. The summed E-state index contributed by atoms with van der Waals surface area (Å²) in [4.78, 5) is 35.4. The van der Waals surface area contributed by atoms with Crippen LogP contribution in [0.5, 0.6) is 0 Å². The first kappa shape index (κ1) is 16.3. The Labute approximate surface area is 142 Å². The van der Waals surface area contributed by atoms with Crippen LogP contribution in [0.4, 0.5) is 4.79 Å². The second kappa shape index (κ2) is 6.52. The molecule has 0 saturated heterocycles. The number of imide groups is 1. The topological polar surface area (TPSA) is 97.6 Å². The lowest BCUT2D eigenvalue weighted by Gasteiger charge is -2.12. The van der Waals surface area contributed by atoms with Crippen LogP contribution in [0.3, 0.4) is 0 Å².